The predicted octanol–water partition coefficient (Wildman–Crippen LogP) is 4.13. The van der Waals surface area contributed by atoms with Crippen LogP contribution in [-0.2, 0) is 13.2 Å². The van der Waals surface area contributed by atoms with Gasteiger partial charge in [0.1, 0.15) is 12.4 Å². The second-order valence-corrected chi connectivity index (χ2v) is 5.08. The van der Waals surface area contributed by atoms with Crippen molar-refractivity contribution in [3.05, 3.63) is 50.1 Å². The van der Waals surface area contributed by atoms with E-state index in [0.29, 0.717) is 28.0 Å². The van der Waals surface area contributed by atoms with Crippen LogP contribution >= 0.6 is 34.5 Å². The average molecular weight is 289 g/mol. The van der Waals surface area contributed by atoms with Gasteiger partial charge in [0, 0.05) is 10.6 Å². The van der Waals surface area contributed by atoms with Gasteiger partial charge in [0.25, 0.3) is 0 Å². The Balaban J connectivity index is 2.19. The van der Waals surface area contributed by atoms with E-state index in [1.54, 1.807) is 23.5 Å². The maximum Gasteiger partial charge on any atom is 0.144 e. The first-order valence-electron chi connectivity index (χ1n) is 4.93. The van der Waals surface area contributed by atoms with Gasteiger partial charge in [0.05, 0.1) is 11.6 Å². The Morgan fingerprint density at radius 1 is 1.29 bits per heavy atom. The maximum absolute atomic E-state index is 9.23. The Labute approximate surface area is 113 Å². The molecule has 2 nitrogen and oxygen atoms in total. The SMILES string of the molecule is OCc1cc(Cl)cc(Cl)c1OCc1ccsc1. The number of benzene rings is 1. The fourth-order valence-corrected chi connectivity index (χ4v) is 2.67. The highest BCUT2D eigenvalue weighted by Crippen LogP contribution is 2.33. The third-order valence-electron chi connectivity index (χ3n) is 2.22. The quantitative estimate of drug-likeness (QED) is 0.917. The molecule has 0 aliphatic rings. The lowest BCUT2D eigenvalue weighted by atomic mass is 10.2. The number of rotatable bonds is 4. The minimum absolute atomic E-state index is 0.154. The van der Waals surface area contributed by atoms with E-state index < -0.39 is 0 Å². The van der Waals surface area contributed by atoms with Gasteiger partial charge in [-0.3, -0.25) is 0 Å². The maximum atomic E-state index is 9.23. The van der Waals surface area contributed by atoms with E-state index in [2.05, 4.69) is 0 Å². The molecule has 0 aliphatic heterocycles. The van der Waals surface area contributed by atoms with Crippen molar-refractivity contribution in [2.45, 2.75) is 13.2 Å². The summed E-state index contributed by atoms with van der Waals surface area (Å²) in [6, 6.07) is 5.23. The van der Waals surface area contributed by atoms with E-state index in [1.165, 1.54) is 0 Å². The van der Waals surface area contributed by atoms with Crippen LogP contribution in [0.2, 0.25) is 10.0 Å². The molecule has 1 aromatic heterocycles. The van der Waals surface area contributed by atoms with Crippen molar-refractivity contribution in [1.82, 2.24) is 0 Å². The number of thiophene rings is 1. The molecule has 0 spiro atoms. The highest BCUT2D eigenvalue weighted by molar-refractivity contribution is 7.07. The molecule has 0 bridgehead atoms. The van der Waals surface area contributed by atoms with Crippen LogP contribution in [0.3, 0.4) is 0 Å². The zero-order valence-electron chi connectivity index (χ0n) is 8.82. The van der Waals surface area contributed by atoms with Gasteiger partial charge in [-0.05, 0) is 34.5 Å². The zero-order chi connectivity index (χ0) is 12.3. The Morgan fingerprint density at radius 3 is 2.76 bits per heavy atom. The number of ether oxygens (including phenoxy) is 1. The van der Waals surface area contributed by atoms with Gasteiger partial charge in [-0.25, -0.2) is 0 Å². The number of hydrogen-bond acceptors (Lipinski definition) is 3. The van der Waals surface area contributed by atoms with Crippen molar-refractivity contribution >= 4 is 34.5 Å². The molecule has 1 N–H and O–H groups in total. The lowest BCUT2D eigenvalue weighted by molar-refractivity contribution is 0.259. The topological polar surface area (TPSA) is 29.5 Å². The fourth-order valence-electron chi connectivity index (χ4n) is 1.42. The largest absolute Gasteiger partial charge is 0.487 e. The molecule has 5 heteroatoms. The van der Waals surface area contributed by atoms with Gasteiger partial charge in [-0.15, -0.1) is 0 Å². The van der Waals surface area contributed by atoms with E-state index >= 15 is 0 Å². The monoisotopic (exact) mass is 288 g/mol. The van der Waals surface area contributed by atoms with Crippen LogP contribution in [0.15, 0.2) is 29.0 Å². The highest BCUT2D eigenvalue weighted by Gasteiger charge is 2.10. The molecule has 0 unspecified atom stereocenters. The van der Waals surface area contributed by atoms with Crippen molar-refractivity contribution < 1.29 is 9.84 Å². The first-order valence-corrected chi connectivity index (χ1v) is 6.63. The average Bonchev–Trinajstić information content (AvgIpc) is 2.79. The lowest BCUT2D eigenvalue weighted by Crippen LogP contribution is -1.98. The Hall–Kier alpha value is -0.740. The van der Waals surface area contributed by atoms with Crippen LogP contribution < -0.4 is 4.74 Å². The smallest absolute Gasteiger partial charge is 0.144 e. The summed E-state index contributed by atoms with van der Waals surface area (Å²) in [6.07, 6.45) is 0. The van der Waals surface area contributed by atoms with Crippen LogP contribution in [0.25, 0.3) is 0 Å². The van der Waals surface area contributed by atoms with E-state index in [4.69, 9.17) is 27.9 Å². The minimum Gasteiger partial charge on any atom is -0.487 e. The van der Waals surface area contributed by atoms with Crippen LogP contribution in [0, 0.1) is 0 Å². The second kappa shape index (κ2) is 5.74. The molecule has 0 radical (unpaired) electrons. The zero-order valence-corrected chi connectivity index (χ0v) is 11.1. The third kappa shape index (κ3) is 3.13. The first kappa shape index (κ1) is 12.7. The van der Waals surface area contributed by atoms with Crippen LogP contribution in [0.5, 0.6) is 5.75 Å². The molecule has 2 aromatic rings. The molecule has 0 aliphatic carbocycles. The highest BCUT2D eigenvalue weighted by atomic mass is 35.5. The summed E-state index contributed by atoms with van der Waals surface area (Å²) in [5.74, 6) is 0.491. The van der Waals surface area contributed by atoms with E-state index in [9.17, 15) is 5.11 Å². The van der Waals surface area contributed by atoms with Gasteiger partial charge >= 0.3 is 0 Å². The summed E-state index contributed by atoms with van der Waals surface area (Å²) < 4.78 is 5.61. The van der Waals surface area contributed by atoms with Gasteiger partial charge < -0.3 is 9.84 Å². The third-order valence-corrected chi connectivity index (χ3v) is 3.45. The second-order valence-electron chi connectivity index (χ2n) is 3.45. The molecule has 2 rings (SSSR count). The van der Waals surface area contributed by atoms with Crippen molar-refractivity contribution in [2.24, 2.45) is 0 Å². The molecular weight excluding hydrogens is 279 g/mol. The predicted molar refractivity (Wildman–Crippen MR) is 71.0 cm³/mol. The standard InChI is InChI=1S/C12H10Cl2O2S/c13-10-3-9(5-15)12(11(14)4-10)16-6-8-1-2-17-7-8/h1-4,7,15H,5-6H2. The molecule has 17 heavy (non-hydrogen) atoms. The lowest BCUT2D eigenvalue weighted by Gasteiger charge is -2.11. The van der Waals surface area contributed by atoms with Gasteiger partial charge in [-0.1, -0.05) is 23.2 Å². The number of hydrogen-bond donors (Lipinski definition) is 1. The number of halogens is 2. The van der Waals surface area contributed by atoms with E-state index in [-0.39, 0.29) is 6.61 Å². The minimum atomic E-state index is -0.154. The first-order chi connectivity index (χ1) is 8.20. The Morgan fingerprint density at radius 2 is 2.12 bits per heavy atom. The van der Waals surface area contributed by atoms with Gasteiger partial charge in [0.2, 0.25) is 0 Å². The molecule has 0 fully saturated rings. The molecule has 1 aromatic carbocycles. The Bertz CT molecular complexity index is 497. The van der Waals surface area contributed by atoms with Crippen LogP contribution in [-0.4, -0.2) is 5.11 Å². The molecule has 1 heterocycles. The number of aliphatic hydroxyl groups excluding tert-OH is 1. The van der Waals surface area contributed by atoms with E-state index in [1.807, 2.05) is 16.8 Å². The van der Waals surface area contributed by atoms with Crippen molar-refractivity contribution in [1.29, 1.82) is 0 Å². The molecule has 0 amide bonds. The molecular formula is C12H10Cl2O2S. The van der Waals surface area contributed by atoms with Crippen molar-refractivity contribution in [3.8, 4) is 5.75 Å². The molecule has 0 saturated carbocycles. The summed E-state index contributed by atoms with van der Waals surface area (Å²) >= 11 is 13.5. The Kier molecular flexibility index (Phi) is 4.29. The summed E-state index contributed by atoms with van der Waals surface area (Å²) in [5, 5.41) is 14.1. The summed E-state index contributed by atoms with van der Waals surface area (Å²) in [6.45, 7) is 0.275. The van der Waals surface area contributed by atoms with Crippen LogP contribution in [0.4, 0.5) is 0 Å². The van der Waals surface area contributed by atoms with Crippen LogP contribution in [0.1, 0.15) is 11.1 Å². The number of aliphatic hydroxyl groups is 1. The molecule has 0 atom stereocenters. The summed E-state index contributed by atoms with van der Waals surface area (Å²) in [5.41, 5.74) is 1.67. The summed E-state index contributed by atoms with van der Waals surface area (Å²) in [7, 11) is 0. The fraction of sp³-hybridized carbons (Fsp3) is 0.167. The van der Waals surface area contributed by atoms with E-state index in [0.717, 1.165) is 5.56 Å². The molecule has 0 saturated heterocycles. The van der Waals surface area contributed by atoms with Gasteiger partial charge in [-0.2, -0.15) is 11.3 Å². The van der Waals surface area contributed by atoms with Gasteiger partial charge in [0.15, 0.2) is 0 Å². The summed E-state index contributed by atoms with van der Waals surface area (Å²) in [4.78, 5) is 0. The van der Waals surface area contributed by atoms with Crippen molar-refractivity contribution in [3.63, 3.8) is 0 Å². The molecule has 90 valence electrons. The normalized spacial score (nSPS) is 10.5. The van der Waals surface area contributed by atoms with Crippen molar-refractivity contribution in [2.75, 3.05) is 0 Å².